The van der Waals surface area contributed by atoms with E-state index in [2.05, 4.69) is 15.6 Å². The molecule has 0 aliphatic heterocycles. The molecule has 1 heterocycles. The van der Waals surface area contributed by atoms with Crippen LogP contribution in [-0.2, 0) is 9.53 Å². The Kier molecular flexibility index (Phi) is 5.86. The summed E-state index contributed by atoms with van der Waals surface area (Å²) in [5.41, 5.74) is 2.87. The third kappa shape index (κ3) is 4.93. The molecule has 1 amide bonds. The van der Waals surface area contributed by atoms with Crippen LogP contribution in [0, 0.1) is 6.92 Å². The first-order valence-corrected chi connectivity index (χ1v) is 7.59. The number of carbonyl (C=O) groups excluding carboxylic acids is 1. The summed E-state index contributed by atoms with van der Waals surface area (Å²) in [6, 6.07) is 7.71. The molecule has 6 heteroatoms. The number of anilines is 1. The second-order valence-corrected chi connectivity index (χ2v) is 5.45. The Hall–Kier alpha value is -1.76. The van der Waals surface area contributed by atoms with Crippen molar-refractivity contribution in [3.8, 4) is 10.6 Å². The SMILES string of the molecule is COCCNCC(=O)Nc1ccc(-c2nc(C)cs2)cc1. The van der Waals surface area contributed by atoms with Crippen molar-refractivity contribution in [1.82, 2.24) is 10.3 Å². The molecule has 0 saturated carbocycles. The monoisotopic (exact) mass is 305 g/mol. The normalized spacial score (nSPS) is 10.6. The summed E-state index contributed by atoms with van der Waals surface area (Å²) in [5.74, 6) is -0.0658. The van der Waals surface area contributed by atoms with Gasteiger partial charge < -0.3 is 15.4 Å². The average Bonchev–Trinajstić information content (AvgIpc) is 2.91. The highest BCUT2D eigenvalue weighted by Gasteiger charge is 2.04. The number of nitrogens with one attached hydrogen (secondary N) is 2. The molecule has 0 aliphatic carbocycles. The van der Waals surface area contributed by atoms with E-state index in [-0.39, 0.29) is 12.5 Å². The Morgan fingerprint density at radius 1 is 1.33 bits per heavy atom. The predicted molar refractivity (Wildman–Crippen MR) is 85.7 cm³/mol. The van der Waals surface area contributed by atoms with Gasteiger partial charge in [-0.2, -0.15) is 0 Å². The summed E-state index contributed by atoms with van der Waals surface area (Å²) in [6.07, 6.45) is 0. The highest BCUT2D eigenvalue weighted by Crippen LogP contribution is 2.24. The third-order valence-electron chi connectivity index (χ3n) is 2.80. The molecule has 0 saturated heterocycles. The molecule has 5 nitrogen and oxygen atoms in total. The highest BCUT2D eigenvalue weighted by atomic mass is 32.1. The van der Waals surface area contributed by atoms with Gasteiger partial charge in [0.05, 0.1) is 13.2 Å². The molecule has 2 rings (SSSR count). The molecule has 0 fully saturated rings. The number of carbonyl (C=O) groups is 1. The lowest BCUT2D eigenvalue weighted by Crippen LogP contribution is -2.30. The minimum atomic E-state index is -0.0658. The lowest BCUT2D eigenvalue weighted by atomic mass is 10.2. The van der Waals surface area contributed by atoms with E-state index in [1.54, 1.807) is 18.4 Å². The number of methoxy groups -OCH3 is 1. The van der Waals surface area contributed by atoms with Crippen LogP contribution in [0.15, 0.2) is 29.6 Å². The number of amides is 1. The first kappa shape index (κ1) is 15.6. The minimum Gasteiger partial charge on any atom is -0.383 e. The van der Waals surface area contributed by atoms with Gasteiger partial charge in [-0.05, 0) is 31.2 Å². The van der Waals surface area contributed by atoms with Gasteiger partial charge in [-0.25, -0.2) is 4.98 Å². The van der Waals surface area contributed by atoms with E-state index in [0.717, 1.165) is 22.0 Å². The van der Waals surface area contributed by atoms with E-state index in [9.17, 15) is 4.79 Å². The maximum absolute atomic E-state index is 11.7. The van der Waals surface area contributed by atoms with E-state index in [4.69, 9.17) is 4.74 Å². The standard InChI is InChI=1S/C15H19N3O2S/c1-11-10-21-15(17-11)12-3-5-13(6-4-12)18-14(19)9-16-7-8-20-2/h3-6,10,16H,7-9H2,1-2H3,(H,18,19). The first-order valence-electron chi connectivity index (χ1n) is 6.71. The van der Waals surface area contributed by atoms with Crippen LogP contribution in [-0.4, -0.2) is 37.7 Å². The van der Waals surface area contributed by atoms with Crippen molar-refractivity contribution >= 4 is 22.9 Å². The Balaban J connectivity index is 1.86. The maximum Gasteiger partial charge on any atom is 0.238 e. The highest BCUT2D eigenvalue weighted by molar-refractivity contribution is 7.13. The number of aromatic nitrogens is 1. The Morgan fingerprint density at radius 2 is 2.10 bits per heavy atom. The number of benzene rings is 1. The van der Waals surface area contributed by atoms with Crippen molar-refractivity contribution < 1.29 is 9.53 Å². The van der Waals surface area contributed by atoms with Crippen LogP contribution in [0.1, 0.15) is 5.69 Å². The number of aryl methyl sites for hydroxylation is 1. The molecule has 0 aliphatic rings. The smallest absolute Gasteiger partial charge is 0.238 e. The number of ether oxygens (including phenoxy) is 1. The van der Waals surface area contributed by atoms with Gasteiger partial charge in [-0.3, -0.25) is 4.79 Å². The molecule has 1 aromatic heterocycles. The number of nitrogens with zero attached hydrogens (tertiary/aromatic N) is 1. The first-order chi connectivity index (χ1) is 10.2. The lowest BCUT2D eigenvalue weighted by molar-refractivity contribution is -0.115. The zero-order valence-electron chi connectivity index (χ0n) is 12.2. The number of hydrogen-bond donors (Lipinski definition) is 2. The summed E-state index contributed by atoms with van der Waals surface area (Å²) in [7, 11) is 1.63. The van der Waals surface area contributed by atoms with Crippen molar-refractivity contribution in [3.05, 3.63) is 35.3 Å². The number of hydrogen-bond acceptors (Lipinski definition) is 5. The lowest BCUT2D eigenvalue weighted by Gasteiger charge is -2.07. The topological polar surface area (TPSA) is 63.2 Å². The summed E-state index contributed by atoms with van der Waals surface area (Å²) < 4.78 is 4.90. The molecule has 0 radical (unpaired) electrons. The summed E-state index contributed by atoms with van der Waals surface area (Å²) in [4.78, 5) is 16.1. The average molecular weight is 305 g/mol. The van der Waals surface area contributed by atoms with E-state index in [1.165, 1.54) is 0 Å². The van der Waals surface area contributed by atoms with Crippen LogP contribution in [0.25, 0.3) is 10.6 Å². The molecule has 0 atom stereocenters. The molecular weight excluding hydrogens is 286 g/mol. The summed E-state index contributed by atoms with van der Waals surface area (Å²) >= 11 is 1.62. The Labute approximate surface area is 128 Å². The van der Waals surface area contributed by atoms with Gasteiger partial charge in [0.2, 0.25) is 5.91 Å². The van der Waals surface area contributed by atoms with Crippen LogP contribution in [0.4, 0.5) is 5.69 Å². The molecule has 0 bridgehead atoms. The van der Waals surface area contributed by atoms with Crippen LogP contribution < -0.4 is 10.6 Å². The molecule has 21 heavy (non-hydrogen) atoms. The van der Waals surface area contributed by atoms with Crippen LogP contribution in [0.2, 0.25) is 0 Å². The van der Waals surface area contributed by atoms with E-state index in [0.29, 0.717) is 13.2 Å². The van der Waals surface area contributed by atoms with E-state index in [1.807, 2.05) is 36.6 Å². The molecule has 0 unspecified atom stereocenters. The van der Waals surface area contributed by atoms with Gasteiger partial charge in [-0.1, -0.05) is 0 Å². The third-order valence-corrected chi connectivity index (χ3v) is 3.81. The summed E-state index contributed by atoms with van der Waals surface area (Å²) in [6.45, 7) is 3.50. The summed E-state index contributed by atoms with van der Waals surface area (Å²) in [5, 5.41) is 8.86. The molecular formula is C15H19N3O2S. The van der Waals surface area contributed by atoms with Crippen LogP contribution in [0.3, 0.4) is 0 Å². The largest absolute Gasteiger partial charge is 0.383 e. The van der Waals surface area contributed by atoms with Gasteiger partial charge in [0.15, 0.2) is 0 Å². The van der Waals surface area contributed by atoms with Crippen molar-refractivity contribution in [2.75, 3.05) is 32.1 Å². The Morgan fingerprint density at radius 3 is 2.71 bits per heavy atom. The molecule has 1 aromatic carbocycles. The van der Waals surface area contributed by atoms with Gasteiger partial charge >= 0.3 is 0 Å². The van der Waals surface area contributed by atoms with Crippen LogP contribution in [0.5, 0.6) is 0 Å². The number of rotatable bonds is 7. The van der Waals surface area contributed by atoms with Gasteiger partial charge in [0.25, 0.3) is 0 Å². The van der Waals surface area contributed by atoms with Crippen molar-refractivity contribution in [2.45, 2.75) is 6.92 Å². The zero-order valence-corrected chi connectivity index (χ0v) is 13.0. The fourth-order valence-electron chi connectivity index (χ4n) is 1.76. The van der Waals surface area contributed by atoms with Crippen molar-refractivity contribution in [3.63, 3.8) is 0 Å². The quantitative estimate of drug-likeness (QED) is 0.771. The Bertz CT molecular complexity index is 581. The van der Waals surface area contributed by atoms with E-state index < -0.39 is 0 Å². The zero-order chi connectivity index (χ0) is 15.1. The molecule has 112 valence electrons. The van der Waals surface area contributed by atoms with Gasteiger partial charge in [0.1, 0.15) is 5.01 Å². The maximum atomic E-state index is 11.7. The predicted octanol–water partition coefficient (Wildman–Crippen LogP) is 2.29. The van der Waals surface area contributed by atoms with Crippen molar-refractivity contribution in [1.29, 1.82) is 0 Å². The molecule has 2 N–H and O–H groups in total. The second kappa shape index (κ2) is 7.87. The minimum absolute atomic E-state index is 0.0658. The van der Waals surface area contributed by atoms with Gasteiger partial charge in [-0.15, -0.1) is 11.3 Å². The fraction of sp³-hybridized carbons (Fsp3) is 0.333. The molecule has 2 aromatic rings. The number of thiazole rings is 1. The van der Waals surface area contributed by atoms with Crippen molar-refractivity contribution in [2.24, 2.45) is 0 Å². The van der Waals surface area contributed by atoms with E-state index >= 15 is 0 Å². The van der Waals surface area contributed by atoms with Crippen LogP contribution >= 0.6 is 11.3 Å². The second-order valence-electron chi connectivity index (χ2n) is 4.59. The van der Waals surface area contributed by atoms with Gasteiger partial charge in [0, 0.05) is 36.0 Å². The molecule has 0 spiro atoms. The fourth-order valence-corrected chi connectivity index (χ4v) is 2.57.